The standard InChI is InChI=1S/C18H26BN3O2/c1-17(2)18(3,4)24-19(23-17)15-10-14(13-20)11-16(12-15)22-8-6-21(5)7-9-22/h10-12H,6-9H2,1-5H3/i5D3,6D2,7D2,8D2,9D2. The molecule has 5 nitrogen and oxygen atoms in total. The van der Waals surface area contributed by atoms with E-state index in [1.54, 1.807) is 27.7 Å². The Morgan fingerprint density at radius 2 is 1.75 bits per heavy atom. The van der Waals surface area contributed by atoms with E-state index in [-0.39, 0.29) is 21.6 Å². The molecule has 0 saturated carbocycles. The van der Waals surface area contributed by atoms with Crippen molar-refractivity contribution in [1.82, 2.24) is 4.90 Å². The molecule has 2 saturated heterocycles. The molecule has 0 radical (unpaired) electrons. The van der Waals surface area contributed by atoms with Gasteiger partial charge in [0.15, 0.2) is 0 Å². The van der Waals surface area contributed by atoms with E-state index < -0.39 is 56.2 Å². The van der Waals surface area contributed by atoms with Crippen molar-refractivity contribution in [1.29, 1.82) is 5.26 Å². The maximum absolute atomic E-state index is 9.58. The van der Waals surface area contributed by atoms with Gasteiger partial charge in [0.25, 0.3) is 0 Å². The molecule has 24 heavy (non-hydrogen) atoms. The zero-order valence-electron chi connectivity index (χ0n) is 25.0. The van der Waals surface area contributed by atoms with Crippen LogP contribution in [0.25, 0.3) is 0 Å². The van der Waals surface area contributed by atoms with E-state index >= 15 is 0 Å². The largest absolute Gasteiger partial charge is 0.494 e. The predicted octanol–water partition coefficient (Wildman–Crippen LogP) is 1.61. The molecule has 0 N–H and O–H groups in total. The molecule has 128 valence electrons. The van der Waals surface area contributed by atoms with Crippen molar-refractivity contribution in [3.8, 4) is 6.07 Å². The van der Waals surface area contributed by atoms with Gasteiger partial charge in [0.05, 0.1) is 28.3 Å². The fraction of sp³-hybridized carbons (Fsp3) is 0.611. The lowest BCUT2D eigenvalue weighted by atomic mass is 9.78. The van der Waals surface area contributed by atoms with Crippen molar-refractivity contribution in [2.24, 2.45) is 0 Å². The summed E-state index contributed by atoms with van der Waals surface area (Å²) in [7, 11) is -1.04. The number of piperazine rings is 1. The smallest absolute Gasteiger partial charge is 0.399 e. The SMILES string of the molecule is [2H]C([2H])([2H])N1C([2H])([2H])C([2H])([2H])N(c2cc(C#N)cc(B3OC(C)(C)C(C)(C)O3)c2)C([2H])([2H])C1([2H])[2H]. The van der Waals surface area contributed by atoms with Gasteiger partial charge in [-0.2, -0.15) is 5.26 Å². The average Bonchev–Trinajstić information content (AvgIpc) is 2.85. The molecule has 0 unspecified atom stereocenters. The summed E-state index contributed by atoms with van der Waals surface area (Å²) in [5.41, 5.74) is -1.81. The highest BCUT2D eigenvalue weighted by molar-refractivity contribution is 6.62. The van der Waals surface area contributed by atoms with Crippen molar-refractivity contribution in [3.05, 3.63) is 23.8 Å². The molecule has 0 spiro atoms. The first kappa shape index (κ1) is 8.22. The van der Waals surface area contributed by atoms with Gasteiger partial charge in [0.2, 0.25) is 0 Å². The molecule has 0 aliphatic carbocycles. The molecule has 0 amide bonds. The number of anilines is 1. The molecule has 1 aromatic rings. The fourth-order valence-electron chi connectivity index (χ4n) is 2.33. The number of hydrogen-bond donors (Lipinski definition) is 0. The van der Waals surface area contributed by atoms with Crippen LogP contribution in [0.1, 0.15) is 48.3 Å². The van der Waals surface area contributed by atoms with Gasteiger partial charge in [-0.05, 0) is 58.3 Å². The van der Waals surface area contributed by atoms with E-state index in [4.69, 9.17) is 24.4 Å². The van der Waals surface area contributed by atoms with E-state index in [0.717, 1.165) is 6.07 Å². The first-order valence-corrected chi connectivity index (χ1v) is 7.47. The third kappa shape index (κ3) is 3.17. The molecule has 0 aromatic heterocycles. The number of nitriles is 1. The number of hydrogen-bond acceptors (Lipinski definition) is 5. The summed E-state index contributed by atoms with van der Waals surface area (Å²) < 4.78 is 102. The highest BCUT2D eigenvalue weighted by Gasteiger charge is 2.51. The highest BCUT2D eigenvalue weighted by atomic mass is 16.7. The van der Waals surface area contributed by atoms with E-state index in [1.807, 2.05) is 6.07 Å². The van der Waals surface area contributed by atoms with Crippen LogP contribution in [0.4, 0.5) is 5.69 Å². The second-order valence-electron chi connectivity index (χ2n) is 6.63. The molecule has 2 fully saturated rings. The monoisotopic (exact) mass is 338 g/mol. The number of nitrogens with zero attached hydrogens (tertiary/aromatic N) is 3. The van der Waals surface area contributed by atoms with Crippen molar-refractivity contribution in [2.45, 2.75) is 38.9 Å². The minimum Gasteiger partial charge on any atom is -0.399 e. The molecule has 0 bridgehead atoms. The Balaban J connectivity index is 2.24. The van der Waals surface area contributed by atoms with E-state index in [1.165, 1.54) is 12.1 Å². The van der Waals surface area contributed by atoms with Gasteiger partial charge in [-0.25, -0.2) is 0 Å². The molecule has 2 heterocycles. The molecule has 0 atom stereocenters. The van der Waals surface area contributed by atoms with Crippen LogP contribution in [0.5, 0.6) is 0 Å². The Labute approximate surface area is 160 Å². The van der Waals surface area contributed by atoms with Gasteiger partial charge in [0, 0.05) is 41.3 Å². The number of likely N-dealkylation sites (N-methyl/N-ethyl adjacent to an activating group) is 1. The van der Waals surface area contributed by atoms with Crippen LogP contribution in [-0.2, 0) is 9.31 Å². The Kier molecular flexibility index (Phi) is 2.08. The summed E-state index contributed by atoms with van der Waals surface area (Å²) in [5, 5.41) is 9.58. The molecular weight excluding hydrogens is 301 g/mol. The van der Waals surface area contributed by atoms with Gasteiger partial charge in [-0.15, -0.1) is 0 Å². The zero-order valence-corrected chi connectivity index (χ0v) is 14.0. The third-order valence-corrected chi connectivity index (χ3v) is 4.40. The van der Waals surface area contributed by atoms with Crippen LogP contribution in [0.3, 0.4) is 0 Å². The van der Waals surface area contributed by atoms with Crippen molar-refractivity contribution < 1.29 is 24.4 Å². The lowest BCUT2D eigenvalue weighted by molar-refractivity contribution is 0.00578. The second-order valence-corrected chi connectivity index (χ2v) is 6.63. The van der Waals surface area contributed by atoms with Crippen LogP contribution in [0.2, 0.25) is 0 Å². The fourth-order valence-corrected chi connectivity index (χ4v) is 2.33. The van der Waals surface area contributed by atoms with Crippen LogP contribution >= 0.6 is 0 Å². The van der Waals surface area contributed by atoms with E-state index in [0.29, 0.717) is 0 Å². The van der Waals surface area contributed by atoms with E-state index in [9.17, 15) is 5.26 Å². The van der Waals surface area contributed by atoms with Gasteiger partial charge in [-0.3, -0.25) is 0 Å². The Hall–Kier alpha value is -1.55. The van der Waals surface area contributed by atoms with Gasteiger partial charge >= 0.3 is 7.12 Å². The molecular formula is C18H26BN3O2. The van der Waals surface area contributed by atoms with Gasteiger partial charge in [0.1, 0.15) is 0 Å². The predicted molar refractivity (Wildman–Crippen MR) is 96.6 cm³/mol. The lowest BCUT2D eigenvalue weighted by Crippen LogP contribution is -2.45. The normalized spacial score (nSPS) is 39.0. The summed E-state index contributed by atoms with van der Waals surface area (Å²) in [6, 6.07) is 5.55. The number of rotatable bonds is 2. The Morgan fingerprint density at radius 3 is 2.29 bits per heavy atom. The molecule has 3 rings (SSSR count). The summed E-state index contributed by atoms with van der Waals surface area (Å²) in [6.45, 7) is -10.2. The van der Waals surface area contributed by atoms with Crippen molar-refractivity contribution >= 4 is 18.3 Å². The maximum atomic E-state index is 9.58. The maximum Gasteiger partial charge on any atom is 0.494 e. The van der Waals surface area contributed by atoms with Crippen LogP contribution in [0, 0.1) is 11.3 Å². The van der Waals surface area contributed by atoms with Gasteiger partial charge in [-0.1, -0.05) is 0 Å². The van der Waals surface area contributed by atoms with Crippen molar-refractivity contribution in [3.63, 3.8) is 0 Å². The minimum atomic E-state index is -3.53. The first-order valence-electron chi connectivity index (χ1n) is 13.0. The second kappa shape index (κ2) is 6.07. The summed E-state index contributed by atoms with van der Waals surface area (Å²) in [6.07, 6.45) is 0. The van der Waals surface area contributed by atoms with E-state index in [2.05, 4.69) is 0 Å². The summed E-state index contributed by atoms with van der Waals surface area (Å²) >= 11 is 0. The number of benzene rings is 1. The Morgan fingerprint density at radius 1 is 1.12 bits per heavy atom. The highest BCUT2D eigenvalue weighted by Crippen LogP contribution is 2.36. The van der Waals surface area contributed by atoms with Crippen LogP contribution in [-0.4, -0.2) is 56.2 Å². The van der Waals surface area contributed by atoms with Crippen LogP contribution < -0.4 is 10.4 Å². The first-order chi connectivity index (χ1) is 15.4. The topological polar surface area (TPSA) is 48.7 Å². The van der Waals surface area contributed by atoms with Crippen molar-refractivity contribution in [2.75, 3.05) is 37.9 Å². The molecule has 2 aliphatic rings. The molecule has 1 aromatic carbocycles. The zero-order chi connectivity index (χ0) is 27.2. The third-order valence-electron chi connectivity index (χ3n) is 4.40. The molecule has 6 heteroatoms. The average molecular weight is 338 g/mol. The summed E-state index contributed by atoms with van der Waals surface area (Å²) in [5.74, 6) is 0. The quantitative estimate of drug-likeness (QED) is 0.767. The Bertz CT molecular complexity index is 1020. The van der Waals surface area contributed by atoms with Gasteiger partial charge < -0.3 is 19.1 Å². The van der Waals surface area contributed by atoms with Crippen LogP contribution in [0.15, 0.2) is 18.2 Å². The molecule has 2 aliphatic heterocycles. The lowest BCUT2D eigenvalue weighted by Gasteiger charge is -2.34. The minimum absolute atomic E-state index is 0.0711. The summed E-state index contributed by atoms with van der Waals surface area (Å²) in [4.78, 5) is -0.190.